The van der Waals surface area contributed by atoms with Gasteiger partial charge < -0.3 is 14.4 Å². The zero-order valence-corrected chi connectivity index (χ0v) is 9.90. The fourth-order valence-electron chi connectivity index (χ4n) is 2.27. The van der Waals surface area contributed by atoms with Crippen LogP contribution in [0, 0.1) is 21.4 Å². The topological polar surface area (TPSA) is 102 Å². The first-order valence-corrected chi connectivity index (χ1v) is 5.77. The fourth-order valence-corrected chi connectivity index (χ4v) is 2.27. The minimum atomic E-state index is -0.624. The molecule has 1 atom stereocenters. The summed E-state index contributed by atoms with van der Waals surface area (Å²) < 4.78 is 10.8. The Hall–Kier alpha value is -2.40. The number of fused-ring (bicyclic) bond motifs is 3. The molecule has 0 unspecified atom stereocenters. The number of nitriles is 1. The molecule has 1 fully saturated rings. The molecular formula is C11H10N4O4. The number of rotatable bonds is 1. The maximum Gasteiger partial charge on any atom is 0.309 e. The van der Waals surface area contributed by atoms with Gasteiger partial charge in [0.05, 0.1) is 30.2 Å². The normalized spacial score (nSPS) is 20.8. The van der Waals surface area contributed by atoms with Crippen LogP contribution in [0.25, 0.3) is 0 Å². The van der Waals surface area contributed by atoms with E-state index in [1.807, 2.05) is 4.90 Å². The van der Waals surface area contributed by atoms with Gasteiger partial charge in [-0.3, -0.25) is 10.1 Å². The van der Waals surface area contributed by atoms with E-state index in [1.165, 1.54) is 6.07 Å². The van der Waals surface area contributed by atoms with E-state index in [0.29, 0.717) is 37.9 Å². The highest BCUT2D eigenvalue weighted by Gasteiger charge is 2.34. The molecule has 0 radical (unpaired) electrons. The van der Waals surface area contributed by atoms with Crippen molar-refractivity contribution in [3.8, 4) is 11.8 Å². The number of ether oxygens (including phenoxy) is 2. The molecule has 19 heavy (non-hydrogen) atoms. The summed E-state index contributed by atoms with van der Waals surface area (Å²) in [7, 11) is 0. The molecule has 0 spiro atoms. The molecular weight excluding hydrogens is 252 g/mol. The van der Waals surface area contributed by atoms with E-state index in [0.717, 1.165) is 0 Å². The van der Waals surface area contributed by atoms with Gasteiger partial charge in [0.1, 0.15) is 12.7 Å². The SMILES string of the molecule is N#Cc1nc2c(cc1[N+](=O)[O-])OC[C@@H]1COCCN21. The molecule has 0 aliphatic carbocycles. The number of pyridine rings is 1. The molecule has 8 heteroatoms. The maximum absolute atomic E-state index is 10.9. The molecule has 3 heterocycles. The first-order chi connectivity index (χ1) is 9.20. The Balaban J connectivity index is 2.09. The van der Waals surface area contributed by atoms with E-state index in [9.17, 15) is 10.1 Å². The average Bonchev–Trinajstić information content (AvgIpc) is 2.45. The lowest BCUT2D eigenvalue weighted by molar-refractivity contribution is -0.385. The molecule has 3 rings (SSSR count). The van der Waals surface area contributed by atoms with Crippen molar-refractivity contribution in [1.82, 2.24) is 4.98 Å². The second-order valence-electron chi connectivity index (χ2n) is 4.28. The van der Waals surface area contributed by atoms with Crippen molar-refractivity contribution in [2.75, 3.05) is 31.3 Å². The van der Waals surface area contributed by atoms with Crippen LogP contribution in [0.4, 0.5) is 11.5 Å². The van der Waals surface area contributed by atoms with E-state index in [-0.39, 0.29) is 17.4 Å². The molecule has 2 aliphatic rings. The summed E-state index contributed by atoms with van der Waals surface area (Å²) in [6.45, 7) is 2.13. The summed E-state index contributed by atoms with van der Waals surface area (Å²) in [5, 5.41) is 19.8. The van der Waals surface area contributed by atoms with E-state index >= 15 is 0 Å². The minimum Gasteiger partial charge on any atom is -0.487 e. The molecule has 2 aliphatic heterocycles. The first-order valence-electron chi connectivity index (χ1n) is 5.77. The van der Waals surface area contributed by atoms with Gasteiger partial charge in [0, 0.05) is 6.54 Å². The highest BCUT2D eigenvalue weighted by atomic mass is 16.6. The monoisotopic (exact) mass is 262 g/mol. The van der Waals surface area contributed by atoms with Crippen molar-refractivity contribution in [2.24, 2.45) is 0 Å². The van der Waals surface area contributed by atoms with Crippen molar-refractivity contribution < 1.29 is 14.4 Å². The molecule has 0 bridgehead atoms. The molecule has 8 nitrogen and oxygen atoms in total. The van der Waals surface area contributed by atoms with Gasteiger partial charge in [0.2, 0.25) is 5.69 Å². The van der Waals surface area contributed by atoms with E-state index < -0.39 is 4.92 Å². The largest absolute Gasteiger partial charge is 0.487 e. The third kappa shape index (κ3) is 1.84. The summed E-state index contributed by atoms with van der Waals surface area (Å²) in [6.07, 6.45) is 0. The van der Waals surface area contributed by atoms with Crippen LogP contribution in [-0.4, -0.2) is 42.3 Å². The Labute approximate surface area is 108 Å². The van der Waals surface area contributed by atoms with Gasteiger partial charge in [0.25, 0.3) is 0 Å². The van der Waals surface area contributed by atoms with Crippen LogP contribution in [-0.2, 0) is 4.74 Å². The summed E-state index contributed by atoms with van der Waals surface area (Å²) in [6, 6.07) is 3.07. The van der Waals surface area contributed by atoms with Crippen molar-refractivity contribution in [1.29, 1.82) is 5.26 Å². The molecule has 98 valence electrons. The highest BCUT2D eigenvalue weighted by Crippen LogP contribution is 2.36. The zero-order chi connectivity index (χ0) is 13.4. The van der Waals surface area contributed by atoms with Gasteiger partial charge in [-0.2, -0.15) is 5.26 Å². The lowest BCUT2D eigenvalue weighted by Gasteiger charge is -2.40. The molecule has 0 N–H and O–H groups in total. The Bertz CT molecular complexity index is 583. The third-order valence-corrected chi connectivity index (χ3v) is 3.18. The summed E-state index contributed by atoms with van der Waals surface area (Å²) in [4.78, 5) is 16.3. The lowest BCUT2D eigenvalue weighted by atomic mass is 10.2. The van der Waals surface area contributed by atoms with Crippen LogP contribution in [0.1, 0.15) is 5.69 Å². The van der Waals surface area contributed by atoms with Gasteiger partial charge in [-0.05, 0) is 0 Å². The van der Waals surface area contributed by atoms with Crippen LogP contribution in [0.3, 0.4) is 0 Å². The molecule has 0 aromatic carbocycles. The number of nitro groups is 1. The first kappa shape index (κ1) is 11.7. The number of aromatic nitrogens is 1. The number of morpholine rings is 1. The summed E-state index contributed by atoms with van der Waals surface area (Å²) in [5.74, 6) is 0.838. The van der Waals surface area contributed by atoms with Crippen molar-refractivity contribution in [2.45, 2.75) is 6.04 Å². The van der Waals surface area contributed by atoms with Crippen LogP contribution in [0.15, 0.2) is 6.07 Å². The fraction of sp³-hybridized carbons (Fsp3) is 0.455. The van der Waals surface area contributed by atoms with Gasteiger partial charge in [0.15, 0.2) is 11.6 Å². The van der Waals surface area contributed by atoms with E-state index in [2.05, 4.69) is 4.98 Å². The highest BCUT2D eigenvalue weighted by molar-refractivity contribution is 5.63. The molecule has 0 amide bonds. The molecule has 1 saturated heterocycles. The van der Waals surface area contributed by atoms with Gasteiger partial charge in [-0.25, -0.2) is 4.98 Å². The quantitative estimate of drug-likeness (QED) is 0.535. The smallest absolute Gasteiger partial charge is 0.309 e. The summed E-state index contributed by atoms with van der Waals surface area (Å²) >= 11 is 0. The zero-order valence-electron chi connectivity index (χ0n) is 9.90. The Morgan fingerprint density at radius 1 is 1.58 bits per heavy atom. The van der Waals surface area contributed by atoms with Gasteiger partial charge in [-0.1, -0.05) is 0 Å². The van der Waals surface area contributed by atoms with Crippen molar-refractivity contribution >= 4 is 11.5 Å². The number of anilines is 1. The number of nitrogens with zero attached hydrogens (tertiary/aromatic N) is 4. The Morgan fingerprint density at radius 2 is 2.42 bits per heavy atom. The van der Waals surface area contributed by atoms with E-state index in [4.69, 9.17) is 14.7 Å². The van der Waals surface area contributed by atoms with Crippen molar-refractivity contribution in [3.05, 3.63) is 21.9 Å². The maximum atomic E-state index is 10.9. The van der Waals surface area contributed by atoms with Crippen LogP contribution in [0.2, 0.25) is 0 Å². The Morgan fingerprint density at radius 3 is 3.16 bits per heavy atom. The second-order valence-corrected chi connectivity index (χ2v) is 4.28. The molecule has 0 saturated carbocycles. The predicted molar refractivity (Wildman–Crippen MR) is 63.1 cm³/mol. The third-order valence-electron chi connectivity index (χ3n) is 3.18. The van der Waals surface area contributed by atoms with Crippen LogP contribution in [0.5, 0.6) is 5.75 Å². The summed E-state index contributed by atoms with van der Waals surface area (Å²) in [5.41, 5.74) is -0.521. The standard InChI is InChI=1S/C11H10N4O4/c12-4-8-9(15(16)17)3-10-11(13-8)14-1-2-18-5-7(14)6-19-10/h3,7H,1-2,5-6H2/t7-/m0/s1. The van der Waals surface area contributed by atoms with Crippen LogP contribution >= 0.6 is 0 Å². The van der Waals surface area contributed by atoms with Crippen LogP contribution < -0.4 is 9.64 Å². The Kier molecular flexibility index (Phi) is 2.68. The second kappa shape index (κ2) is 4.37. The number of hydrogen-bond donors (Lipinski definition) is 0. The van der Waals surface area contributed by atoms with Gasteiger partial charge >= 0.3 is 5.69 Å². The predicted octanol–water partition coefficient (Wildman–Crippen LogP) is 0.459. The van der Waals surface area contributed by atoms with E-state index in [1.54, 1.807) is 6.07 Å². The average molecular weight is 262 g/mol. The molecule has 1 aromatic heterocycles. The minimum absolute atomic E-state index is 0.0433. The van der Waals surface area contributed by atoms with Gasteiger partial charge in [-0.15, -0.1) is 0 Å². The lowest BCUT2D eigenvalue weighted by Crippen LogP contribution is -2.51. The van der Waals surface area contributed by atoms with Crippen molar-refractivity contribution in [3.63, 3.8) is 0 Å². The number of hydrogen-bond acceptors (Lipinski definition) is 7. The molecule has 1 aromatic rings.